The molecule has 1 atom stereocenters. The van der Waals surface area contributed by atoms with Gasteiger partial charge in [-0.3, -0.25) is 9.48 Å². The summed E-state index contributed by atoms with van der Waals surface area (Å²) in [5.74, 6) is -1.33. The Hall–Kier alpha value is -3.42. The lowest BCUT2D eigenvalue weighted by Crippen LogP contribution is -2.48. The minimum absolute atomic E-state index is 0.204. The van der Waals surface area contributed by atoms with Gasteiger partial charge in [-0.1, -0.05) is 12.1 Å². The van der Waals surface area contributed by atoms with Crippen molar-refractivity contribution in [2.45, 2.75) is 39.4 Å². The lowest BCUT2D eigenvalue weighted by molar-refractivity contribution is -0.142. The monoisotopic (exact) mass is 379 g/mol. The maximum absolute atomic E-state index is 13.0. The summed E-state index contributed by atoms with van der Waals surface area (Å²) in [6, 6.07) is 8.34. The molecule has 1 amide bonds. The maximum Gasteiger partial charge on any atom is 0.326 e. The fourth-order valence-corrected chi connectivity index (χ4v) is 3.60. The number of carbonyl (C=O) groups is 2. The molecule has 1 aliphatic heterocycles. The first-order chi connectivity index (χ1) is 13.4. The number of aromatic amines is 1. The molecule has 0 radical (unpaired) electrons. The number of benzene rings is 1. The lowest BCUT2D eigenvalue weighted by atomic mass is 10.0. The number of hydrogen-bond acceptors (Lipinski definition) is 4. The number of carboxylic acids is 1. The van der Waals surface area contributed by atoms with Crippen LogP contribution in [-0.4, -0.2) is 47.7 Å². The largest absolute Gasteiger partial charge is 0.480 e. The quantitative estimate of drug-likeness (QED) is 0.721. The van der Waals surface area contributed by atoms with E-state index >= 15 is 0 Å². The highest BCUT2D eigenvalue weighted by atomic mass is 16.4. The van der Waals surface area contributed by atoms with Gasteiger partial charge in [-0.25, -0.2) is 9.78 Å². The Morgan fingerprint density at radius 2 is 2.00 bits per heavy atom. The number of aliphatic carboxylic acids is 1. The number of carboxylic acid groups (broad SMARTS) is 1. The van der Waals surface area contributed by atoms with Crippen molar-refractivity contribution in [3.05, 3.63) is 70.6 Å². The van der Waals surface area contributed by atoms with E-state index in [4.69, 9.17) is 0 Å². The zero-order valence-electron chi connectivity index (χ0n) is 15.7. The van der Waals surface area contributed by atoms with Crippen molar-refractivity contribution in [1.82, 2.24) is 24.6 Å². The first kappa shape index (κ1) is 18.0. The minimum atomic E-state index is -1.02. The molecule has 0 bridgehead atoms. The summed E-state index contributed by atoms with van der Waals surface area (Å²) in [5, 5.41) is 14.0. The van der Waals surface area contributed by atoms with Crippen molar-refractivity contribution in [3.63, 3.8) is 0 Å². The van der Waals surface area contributed by atoms with Gasteiger partial charge in [-0.2, -0.15) is 5.10 Å². The molecule has 2 N–H and O–H groups in total. The third-order valence-electron chi connectivity index (χ3n) is 5.08. The number of nitrogens with one attached hydrogen (secondary N) is 1. The first-order valence-electron chi connectivity index (χ1n) is 9.07. The van der Waals surface area contributed by atoms with Crippen LogP contribution in [0, 0.1) is 13.8 Å². The SMILES string of the molecule is Cc1cc(C)n(Cc2ccc(C(=O)N3Cc4[nH]cnc4C[C@@H]3C(=O)O)cc2)n1. The molecule has 3 aromatic rings. The maximum atomic E-state index is 13.0. The Morgan fingerprint density at radius 1 is 1.25 bits per heavy atom. The van der Waals surface area contributed by atoms with E-state index in [2.05, 4.69) is 15.1 Å². The van der Waals surface area contributed by atoms with Crippen molar-refractivity contribution >= 4 is 11.9 Å². The summed E-state index contributed by atoms with van der Waals surface area (Å²) >= 11 is 0. The van der Waals surface area contributed by atoms with E-state index in [0.717, 1.165) is 22.6 Å². The highest BCUT2D eigenvalue weighted by Gasteiger charge is 2.36. The average molecular weight is 379 g/mol. The van der Waals surface area contributed by atoms with Gasteiger partial charge < -0.3 is 15.0 Å². The number of hydrogen-bond donors (Lipinski definition) is 2. The van der Waals surface area contributed by atoms with E-state index in [-0.39, 0.29) is 18.9 Å². The van der Waals surface area contributed by atoms with Crippen molar-refractivity contribution in [2.75, 3.05) is 0 Å². The van der Waals surface area contributed by atoms with Crippen LogP contribution < -0.4 is 0 Å². The van der Waals surface area contributed by atoms with Gasteiger partial charge in [-0.05, 0) is 37.6 Å². The smallest absolute Gasteiger partial charge is 0.326 e. The molecule has 3 heterocycles. The van der Waals surface area contributed by atoms with Gasteiger partial charge in [0.15, 0.2) is 0 Å². The van der Waals surface area contributed by atoms with Crippen molar-refractivity contribution < 1.29 is 14.7 Å². The lowest BCUT2D eigenvalue weighted by Gasteiger charge is -2.32. The fourth-order valence-electron chi connectivity index (χ4n) is 3.60. The Morgan fingerprint density at radius 3 is 2.64 bits per heavy atom. The third-order valence-corrected chi connectivity index (χ3v) is 5.08. The molecule has 0 spiro atoms. The highest BCUT2D eigenvalue weighted by molar-refractivity contribution is 5.97. The van der Waals surface area contributed by atoms with Crippen LogP contribution in [0.4, 0.5) is 0 Å². The fraction of sp³-hybridized carbons (Fsp3) is 0.300. The molecule has 28 heavy (non-hydrogen) atoms. The van der Waals surface area contributed by atoms with Gasteiger partial charge in [0.2, 0.25) is 0 Å². The van der Waals surface area contributed by atoms with Crippen LogP contribution >= 0.6 is 0 Å². The van der Waals surface area contributed by atoms with E-state index in [9.17, 15) is 14.7 Å². The van der Waals surface area contributed by atoms with Crippen molar-refractivity contribution in [1.29, 1.82) is 0 Å². The van der Waals surface area contributed by atoms with E-state index in [0.29, 0.717) is 17.8 Å². The number of carbonyl (C=O) groups excluding carboxylic acids is 1. The van der Waals surface area contributed by atoms with E-state index < -0.39 is 12.0 Å². The summed E-state index contributed by atoms with van der Waals surface area (Å²) in [6.07, 6.45) is 1.74. The number of nitrogens with zero attached hydrogens (tertiary/aromatic N) is 4. The number of aromatic nitrogens is 4. The molecule has 144 valence electrons. The van der Waals surface area contributed by atoms with Gasteiger partial charge in [0.25, 0.3) is 5.91 Å². The van der Waals surface area contributed by atoms with Crippen molar-refractivity contribution in [3.8, 4) is 0 Å². The number of imidazole rings is 1. The number of rotatable bonds is 4. The zero-order valence-corrected chi connectivity index (χ0v) is 15.7. The predicted molar refractivity (Wildman–Crippen MR) is 101 cm³/mol. The molecule has 0 aliphatic carbocycles. The van der Waals surface area contributed by atoms with Crippen LogP contribution in [0.3, 0.4) is 0 Å². The van der Waals surface area contributed by atoms with E-state index in [1.807, 2.05) is 36.7 Å². The summed E-state index contributed by atoms with van der Waals surface area (Å²) < 4.78 is 1.91. The van der Waals surface area contributed by atoms with Crippen LogP contribution in [0.25, 0.3) is 0 Å². The van der Waals surface area contributed by atoms with E-state index in [1.54, 1.807) is 12.1 Å². The molecular weight excluding hydrogens is 358 g/mol. The normalized spacial score (nSPS) is 16.1. The Labute approximate surface area is 161 Å². The van der Waals surface area contributed by atoms with Crippen LogP contribution in [0.1, 0.15) is 38.7 Å². The van der Waals surface area contributed by atoms with Crippen LogP contribution in [0.5, 0.6) is 0 Å². The molecular formula is C20H21N5O3. The summed E-state index contributed by atoms with van der Waals surface area (Å²) in [7, 11) is 0. The van der Waals surface area contributed by atoms with Gasteiger partial charge in [0, 0.05) is 17.7 Å². The summed E-state index contributed by atoms with van der Waals surface area (Å²) in [4.78, 5) is 33.2. The zero-order chi connectivity index (χ0) is 19.8. The van der Waals surface area contributed by atoms with Gasteiger partial charge in [0.05, 0.1) is 36.5 Å². The molecule has 0 unspecified atom stereocenters. The van der Waals surface area contributed by atoms with Crippen molar-refractivity contribution in [2.24, 2.45) is 0 Å². The third kappa shape index (κ3) is 3.28. The van der Waals surface area contributed by atoms with E-state index in [1.165, 1.54) is 11.2 Å². The highest BCUT2D eigenvalue weighted by Crippen LogP contribution is 2.23. The second kappa shape index (κ2) is 6.95. The number of H-pyrrole nitrogens is 1. The van der Waals surface area contributed by atoms with Gasteiger partial charge in [-0.15, -0.1) is 0 Å². The Balaban J connectivity index is 1.54. The molecule has 8 heteroatoms. The summed E-state index contributed by atoms with van der Waals surface area (Å²) in [5.41, 5.74) is 5.01. The molecule has 1 aromatic carbocycles. The number of amides is 1. The topological polar surface area (TPSA) is 104 Å². The standard InChI is InChI=1S/C20H21N5O3/c1-12-7-13(2)25(23-12)9-14-3-5-15(6-4-14)19(26)24-10-17-16(21-11-22-17)8-18(24)20(27)28/h3-7,11,18H,8-10H2,1-2H3,(H,21,22)(H,27,28)/t18-/m1/s1. The van der Waals surface area contributed by atoms with Crippen LogP contribution in [0.2, 0.25) is 0 Å². The molecule has 2 aromatic heterocycles. The molecule has 0 saturated heterocycles. The first-order valence-corrected chi connectivity index (χ1v) is 9.07. The second-order valence-corrected chi connectivity index (χ2v) is 7.10. The Bertz CT molecular complexity index is 1030. The molecule has 0 saturated carbocycles. The molecule has 4 rings (SSSR count). The predicted octanol–water partition coefficient (Wildman–Crippen LogP) is 1.92. The minimum Gasteiger partial charge on any atom is -0.480 e. The molecule has 8 nitrogen and oxygen atoms in total. The Kier molecular flexibility index (Phi) is 4.46. The van der Waals surface area contributed by atoms with Crippen LogP contribution in [0.15, 0.2) is 36.7 Å². The van der Waals surface area contributed by atoms with Gasteiger partial charge in [0.1, 0.15) is 6.04 Å². The molecule has 1 aliphatic rings. The number of fused-ring (bicyclic) bond motifs is 1. The van der Waals surface area contributed by atoms with Gasteiger partial charge >= 0.3 is 5.97 Å². The number of aryl methyl sites for hydroxylation is 2. The molecule has 0 fully saturated rings. The second-order valence-electron chi connectivity index (χ2n) is 7.10. The summed E-state index contributed by atoms with van der Waals surface area (Å²) in [6.45, 7) is 4.78. The van der Waals surface area contributed by atoms with Crippen LogP contribution in [-0.2, 0) is 24.3 Å². The average Bonchev–Trinajstić information content (AvgIpc) is 3.26.